The van der Waals surface area contributed by atoms with E-state index in [1.165, 1.54) is 20.5 Å². The molecule has 2 heterocycles. The molecule has 0 radical (unpaired) electrons. The average molecular weight is 329 g/mol. The van der Waals surface area contributed by atoms with Gasteiger partial charge in [0.1, 0.15) is 22.6 Å². The van der Waals surface area contributed by atoms with Crippen molar-refractivity contribution >= 4 is 22.7 Å². The van der Waals surface area contributed by atoms with E-state index < -0.39 is 11.5 Å². The van der Waals surface area contributed by atoms with Crippen molar-refractivity contribution in [3.8, 4) is 11.5 Å². The van der Waals surface area contributed by atoms with Gasteiger partial charge in [-0.1, -0.05) is 0 Å². The van der Waals surface area contributed by atoms with Gasteiger partial charge in [-0.25, -0.2) is 4.98 Å². The second-order valence-corrected chi connectivity index (χ2v) is 4.97. The van der Waals surface area contributed by atoms with Crippen molar-refractivity contribution in [3.05, 3.63) is 46.2 Å². The van der Waals surface area contributed by atoms with Crippen molar-refractivity contribution in [3.63, 3.8) is 0 Å². The van der Waals surface area contributed by atoms with Gasteiger partial charge in [-0.05, 0) is 19.1 Å². The van der Waals surface area contributed by atoms with E-state index in [1.54, 1.807) is 25.1 Å². The first-order valence-electron chi connectivity index (χ1n) is 7.05. The van der Waals surface area contributed by atoms with Crippen LogP contribution in [-0.2, 0) is 0 Å². The summed E-state index contributed by atoms with van der Waals surface area (Å²) in [5, 5.41) is 2.83. The molecule has 2 N–H and O–H groups in total. The van der Waals surface area contributed by atoms with Gasteiger partial charge in [0.05, 0.1) is 31.8 Å². The summed E-state index contributed by atoms with van der Waals surface area (Å²) in [6.07, 6.45) is 1.22. The Morgan fingerprint density at radius 2 is 2.08 bits per heavy atom. The molecule has 8 heteroatoms. The van der Waals surface area contributed by atoms with Crippen molar-refractivity contribution in [2.45, 2.75) is 6.92 Å². The van der Waals surface area contributed by atoms with Gasteiger partial charge in [0.2, 0.25) is 5.71 Å². The molecule has 1 amide bonds. The molecule has 124 valence electrons. The first-order valence-corrected chi connectivity index (χ1v) is 7.05. The van der Waals surface area contributed by atoms with E-state index in [2.05, 4.69) is 15.3 Å². The zero-order valence-electron chi connectivity index (χ0n) is 13.3. The van der Waals surface area contributed by atoms with E-state index >= 15 is 0 Å². The Labute approximate surface area is 136 Å². The summed E-state index contributed by atoms with van der Waals surface area (Å²) >= 11 is 0. The number of anilines is 1. The molecule has 0 saturated carbocycles. The predicted octanol–water partition coefficient (Wildman–Crippen LogP) is 2.09. The fraction of sp³-hybridized carbons (Fsp3) is 0.188. The minimum Gasteiger partial charge on any atom is -0.497 e. The summed E-state index contributed by atoms with van der Waals surface area (Å²) in [5.41, 5.74) is 0.251. The molecule has 0 aliphatic rings. The number of hydrogen-bond acceptors (Lipinski definition) is 6. The first kappa shape index (κ1) is 15.6. The molecule has 8 nitrogen and oxygen atoms in total. The Hall–Kier alpha value is -3.29. The Bertz CT molecular complexity index is 973. The third-order valence-electron chi connectivity index (χ3n) is 3.55. The van der Waals surface area contributed by atoms with Crippen LogP contribution in [0.2, 0.25) is 0 Å². The van der Waals surface area contributed by atoms with Crippen molar-refractivity contribution in [1.29, 1.82) is 0 Å². The highest BCUT2D eigenvalue weighted by Crippen LogP contribution is 2.30. The number of hydrogen-bond donors (Lipinski definition) is 2. The smallest absolute Gasteiger partial charge is 0.262 e. The highest BCUT2D eigenvalue weighted by Gasteiger charge is 2.22. The lowest BCUT2D eigenvalue weighted by atomic mass is 10.1. The summed E-state index contributed by atoms with van der Waals surface area (Å²) in [5.74, 6) is 0.836. The van der Waals surface area contributed by atoms with E-state index in [0.717, 1.165) is 0 Å². The van der Waals surface area contributed by atoms with Gasteiger partial charge in [0.25, 0.3) is 11.5 Å². The highest BCUT2D eigenvalue weighted by atomic mass is 16.5. The van der Waals surface area contributed by atoms with Gasteiger partial charge in [0, 0.05) is 6.07 Å². The number of aryl methyl sites for hydroxylation is 1. The maximum atomic E-state index is 12.6. The average Bonchev–Trinajstić information content (AvgIpc) is 2.92. The number of carbonyl (C=O) groups is 1. The van der Waals surface area contributed by atoms with Crippen molar-refractivity contribution in [2.75, 3.05) is 19.5 Å². The van der Waals surface area contributed by atoms with Crippen LogP contribution in [0.4, 0.5) is 5.69 Å². The molecule has 0 spiro atoms. The number of nitrogens with one attached hydrogen (secondary N) is 2. The predicted molar refractivity (Wildman–Crippen MR) is 86.9 cm³/mol. The van der Waals surface area contributed by atoms with E-state index in [0.29, 0.717) is 22.9 Å². The van der Waals surface area contributed by atoms with Crippen LogP contribution in [-0.4, -0.2) is 30.1 Å². The molecule has 3 rings (SSSR count). The van der Waals surface area contributed by atoms with Gasteiger partial charge in [0.15, 0.2) is 0 Å². The van der Waals surface area contributed by atoms with E-state index in [9.17, 15) is 9.59 Å². The quantitative estimate of drug-likeness (QED) is 0.759. The number of carbonyl (C=O) groups excluding carboxylic acids is 1. The first-order chi connectivity index (χ1) is 11.5. The van der Waals surface area contributed by atoms with Crippen LogP contribution in [0.15, 0.2) is 33.7 Å². The maximum absolute atomic E-state index is 12.6. The van der Waals surface area contributed by atoms with Crippen molar-refractivity contribution < 1.29 is 18.7 Å². The Morgan fingerprint density at radius 3 is 2.79 bits per heavy atom. The number of ether oxygens (including phenoxy) is 2. The van der Waals surface area contributed by atoms with Gasteiger partial charge in [-0.2, -0.15) is 0 Å². The highest BCUT2D eigenvalue weighted by molar-refractivity contribution is 6.13. The molecule has 3 aromatic rings. The zero-order chi connectivity index (χ0) is 17.3. The number of aromatic nitrogens is 2. The third-order valence-corrected chi connectivity index (χ3v) is 3.55. The van der Waals surface area contributed by atoms with Crippen LogP contribution in [0.1, 0.15) is 16.1 Å². The minimum atomic E-state index is -0.492. The molecule has 0 bridgehead atoms. The number of fused-ring (bicyclic) bond motifs is 1. The Morgan fingerprint density at radius 1 is 1.29 bits per heavy atom. The SMILES string of the molecule is COc1ccc(NC(=O)c2c(C)oc3nc[nH]c(=O)c23)c(OC)c1. The van der Waals surface area contributed by atoms with Crippen molar-refractivity contribution in [1.82, 2.24) is 9.97 Å². The van der Waals surface area contributed by atoms with Crippen LogP contribution in [0.3, 0.4) is 0 Å². The number of nitrogens with zero attached hydrogens (tertiary/aromatic N) is 1. The molecule has 0 unspecified atom stereocenters. The van der Waals surface area contributed by atoms with Gasteiger partial charge in [-0.15, -0.1) is 0 Å². The van der Waals surface area contributed by atoms with E-state index in [1.807, 2.05) is 0 Å². The zero-order valence-corrected chi connectivity index (χ0v) is 13.3. The number of H-pyrrole nitrogens is 1. The maximum Gasteiger partial charge on any atom is 0.262 e. The van der Waals surface area contributed by atoms with Crippen LogP contribution in [0.25, 0.3) is 11.1 Å². The van der Waals surface area contributed by atoms with Crippen LogP contribution in [0, 0.1) is 6.92 Å². The summed E-state index contributed by atoms with van der Waals surface area (Å²) in [7, 11) is 3.02. The largest absolute Gasteiger partial charge is 0.497 e. The second-order valence-electron chi connectivity index (χ2n) is 4.97. The van der Waals surface area contributed by atoms with Crippen LogP contribution < -0.4 is 20.3 Å². The number of rotatable bonds is 4. The lowest BCUT2D eigenvalue weighted by molar-refractivity contribution is 0.102. The molecule has 0 aliphatic heterocycles. The topological polar surface area (TPSA) is 106 Å². The van der Waals surface area contributed by atoms with E-state index in [4.69, 9.17) is 13.9 Å². The molecule has 0 fully saturated rings. The molecular formula is C16H15N3O5. The number of furan rings is 1. The number of methoxy groups -OCH3 is 2. The Balaban J connectivity index is 2.03. The second kappa shape index (κ2) is 6.07. The summed E-state index contributed by atoms with van der Waals surface area (Å²) in [6.45, 7) is 1.60. The normalized spacial score (nSPS) is 10.6. The van der Waals surface area contributed by atoms with Crippen molar-refractivity contribution in [2.24, 2.45) is 0 Å². The van der Waals surface area contributed by atoms with E-state index in [-0.39, 0.29) is 16.7 Å². The molecule has 24 heavy (non-hydrogen) atoms. The summed E-state index contributed by atoms with van der Waals surface area (Å²) in [6, 6.07) is 4.98. The molecule has 0 atom stereocenters. The number of amides is 1. The fourth-order valence-corrected chi connectivity index (χ4v) is 2.41. The summed E-state index contributed by atoms with van der Waals surface area (Å²) in [4.78, 5) is 31.0. The number of aromatic amines is 1. The lowest BCUT2D eigenvalue weighted by Crippen LogP contribution is -2.16. The minimum absolute atomic E-state index is 0.111. The van der Waals surface area contributed by atoms with Crippen LogP contribution in [0.5, 0.6) is 11.5 Å². The molecule has 0 saturated heterocycles. The molecule has 0 aliphatic carbocycles. The molecular weight excluding hydrogens is 314 g/mol. The number of benzene rings is 1. The fourth-order valence-electron chi connectivity index (χ4n) is 2.41. The van der Waals surface area contributed by atoms with Gasteiger partial charge >= 0.3 is 0 Å². The Kier molecular flexibility index (Phi) is 3.95. The van der Waals surface area contributed by atoms with Crippen LogP contribution >= 0.6 is 0 Å². The van der Waals surface area contributed by atoms with Gasteiger partial charge in [-0.3, -0.25) is 9.59 Å². The third kappa shape index (κ3) is 2.58. The molecule has 2 aromatic heterocycles. The van der Waals surface area contributed by atoms with Gasteiger partial charge < -0.3 is 24.2 Å². The molecule has 1 aromatic carbocycles. The standard InChI is InChI=1S/C16H15N3O5/c1-8-12(13-14(20)17-7-18-16(13)24-8)15(21)19-10-5-4-9(22-2)6-11(10)23-3/h4-7H,1-3H3,(H,19,21)(H,17,18,20). The summed E-state index contributed by atoms with van der Waals surface area (Å²) < 4.78 is 15.8. The lowest BCUT2D eigenvalue weighted by Gasteiger charge is -2.11. The monoisotopic (exact) mass is 329 g/mol.